The maximum atomic E-state index is 5.64. The largest absolute Gasteiger partial charge is 0.271 e. The van der Waals surface area contributed by atoms with Crippen molar-refractivity contribution in [2.24, 2.45) is 5.84 Å². The topological polar surface area (TPSA) is 81.7 Å². The Morgan fingerprint density at radius 1 is 1.56 bits per heavy atom. The maximum absolute atomic E-state index is 5.64. The average molecular weight is 266 g/mol. The minimum Gasteiger partial charge on any atom is -0.271 e. The van der Waals surface area contributed by atoms with Crippen molar-refractivity contribution < 1.29 is 0 Å². The van der Waals surface area contributed by atoms with Crippen LogP contribution in [-0.4, -0.2) is 20.0 Å². The van der Waals surface area contributed by atoms with Crippen LogP contribution in [0.15, 0.2) is 11.6 Å². The summed E-state index contributed by atoms with van der Waals surface area (Å²) in [6.45, 7) is 4.96. The number of hydrogen-bond acceptors (Lipinski definition) is 6. The van der Waals surface area contributed by atoms with Gasteiger partial charge in [-0.3, -0.25) is 11.3 Å². The van der Waals surface area contributed by atoms with Crippen LogP contribution in [0.3, 0.4) is 0 Å². The molecule has 0 bridgehead atoms. The van der Waals surface area contributed by atoms with E-state index in [2.05, 4.69) is 33.0 Å². The Morgan fingerprint density at radius 2 is 2.39 bits per heavy atom. The zero-order valence-electron chi connectivity index (χ0n) is 10.6. The molecule has 0 aromatic carbocycles. The van der Waals surface area contributed by atoms with Crippen molar-refractivity contribution in [3.63, 3.8) is 0 Å². The van der Waals surface area contributed by atoms with Crippen LogP contribution in [0.2, 0.25) is 0 Å². The van der Waals surface area contributed by atoms with E-state index in [0.717, 1.165) is 35.8 Å². The van der Waals surface area contributed by atoms with Crippen molar-refractivity contribution in [3.8, 4) is 0 Å². The van der Waals surface area contributed by atoms with Crippen molar-refractivity contribution in [2.75, 3.05) is 0 Å². The van der Waals surface area contributed by atoms with Gasteiger partial charge in [0.05, 0.1) is 28.6 Å². The first-order valence-electron chi connectivity index (χ1n) is 6.00. The van der Waals surface area contributed by atoms with Crippen LogP contribution in [0.25, 0.3) is 0 Å². The van der Waals surface area contributed by atoms with Crippen molar-refractivity contribution in [3.05, 3.63) is 28.0 Å². The molecular formula is C11H18N6S. The van der Waals surface area contributed by atoms with E-state index in [-0.39, 0.29) is 6.04 Å². The summed E-state index contributed by atoms with van der Waals surface area (Å²) in [6.07, 6.45) is 3.53. The molecule has 0 radical (unpaired) electrons. The molecule has 6 nitrogen and oxygen atoms in total. The van der Waals surface area contributed by atoms with E-state index in [1.54, 1.807) is 17.5 Å². The van der Waals surface area contributed by atoms with E-state index >= 15 is 0 Å². The lowest BCUT2D eigenvalue weighted by Gasteiger charge is -2.15. The van der Waals surface area contributed by atoms with Crippen LogP contribution >= 0.6 is 11.3 Å². The fourth-order valence-electron chi connectivity index (χ4n) is 1.88. The second-order valence-electron chi connectivity index (χ2n) is 4.16. The Kier molecular flexibility index (Phi) is 4.40. The van der Waals surface area contributed by atoms with E-state index in [4.69, 9.17) is 5.84 Å². The number of aryl methyl sites for hydroxylation is 2. The Hall–Kier alpha value is -1.31. The van der Waals surface area contributed by atoms with Crippen LogP contribution < -0.4 is 11.3 Å². The number of aromatic nitrogens is 4. The number of thiazole rings is 1. The summed E-state index contributed by atoms with van der Waals surface area (Å²) in [7, 11) is 0. The van der Waals surface area contributed by atoms with Crippen LogP contribution in [0, 0.1) is 6.92 Å². The van der Waals surface area contributed by atoms with Gasteiger partial charge in [0, 0.05) is 18.3 Å². The number of rotatable bonds is 6. The molecule has 0 aliphatic rings. The van der Waals surface area contributed by atoms with E-state index < -0.39 is 0 Å². The summed E-state index contributed by atoms with van der Waals surface area (Å²) in [4.78, 5) is 4.46. The fraction of sp³-hybridized carbons (Fsp3) is 0.545. The van der Waals surface area contributed by atoms with Crippen molar-refractivity contribution in [1.82, 2.24) is 25.4 Å². The van der Waals surface area contributed by atoms with Crippen LogP contribution in [0.5, 0.6) is 0 Å². The van der Waals surface area contributed by atoms with Crippen molar-refractivity contribution in [2.45, 2.75) is 39.3 Å². The molecule has 3 N–H and O–H groups in total. The number of nitrogens with two attached hydrogens (primary N) is 1. The average Bonchev–Trinajstić information content (AvgIpc) is 2.96. The van der Waals surface area contributed by atoms with Gasteiger partial charge in [-0.25, -0.2) is 9.67 Å². The Morgan fingerprint density at radius 3 is 3.00 bits per heavy atom. The van der Waals surface area contributed by atoms with Crippen LogP contribution in [0.1, 0.15) is 35.8 Å². The Balaban J connectivity index is 2.14. The van der Waals surface area contributed by atoms with E-state index in [1.807, 2.05) is 11.6 Å². The molecule has 7 heteroatoms. The van der Waals surface area contributed by atoms with Gasteiger partial charge in [0.15, 0.2) is 0 Å². The van der Waals surface area contributed by atoms with Crippen molar-refractivity contribution >= 4 is 11.3 Å². The second kappa shape index (κ2) is 6.03. The van der Waals surface area contributed by atoms with E-state index in [0.29, 0.717) is 0 Å². The molecule has 0 aliphatic heterocycles. The number of nitrogens with one attached hydrogen (secondary N) is 1. The Bertz CT molecular complexity index is 491. The van der Waals surface area contributed by atoms with Gasteiger partial charge >= 0.3 is 0 Å². The highest BCUT2D eigenvalue weighted by Gasteiger charge is 2.17. The van der Waals surface area contributed by atoms with Gasteiger partial charge in [-0.05, 0) is 13.3 Å². The highest BCUT2D eigenvalue weighted by atomic mass is 32.1. The third-order valence-corrected chi connectivity index (χ3v) is 3.54. The molecule has 0 saturated heterocycles. The number of hydrogen-bond donors (Lipinski definition) is 2. The van der Waals surface area contributed by atoms with Gasteiger partial charge < -0.3 is 0 Å². The highest BCUT2D eigenvalue weighted by Crippen LogP contribution is 2.18. The summed E-state index contributed by atoms with van der Waals surface area (Å²) >= 11 is 1.65. The first-order valence-corrected chi connectivity index (χ1v) is 6.88. The predicted octanol–water partition coefficient (Wildman–Crippen LogP) is 1.20. The molecule has 98 valence electrons. The molecule has 1 unspecified atom stereocenters. The lowest BCUT2D eigenvalue weighted by Crippen LogP contribution is -2.31. The summed E-state index contributed by atoms with van der Waals surface area (Å²) in [5.74, 6) is 5.64. The minimum absolute atomic E-state index is 0.00644. The smallest absolute Gasteiger partial charge is 0.0897 e. The normalized spacial score (nSPS) is 12.8. The maximum Gasteiger partial charge on any atom is 0.0897 e. The number of nitrogens with zero attached hydrogens (tertiary/aromatic N) is 4. The molecular weight excluding hydrogens is 248 g/mol. The molecule has 0 spiro atoms. The quantitative estimate of drug-likeness (QED) is 0.606. The van der Waals surface area contributed by atoms with Crippen LogP contribution in [-0.2, 0) is 13.0 Å². The fourth-order valence-corrected chi connectivity index (χ4v) is 2.51. The van der Waals surface area contributed by atoms with E-state index in [1.165, 1.54) is 0 Å². The van der Waals surface area contributed by atoms with Crippen molar-refractivity contribution in [1.29, 1.82) is 0 Å². The lowest BCUT2D eigenvalue weighted by molar-refractivity contribution is 0.471. The Labute approximate surface area is 110 Å². The third-order valence-electron chi connectivity index (χ3n) is 2.72. The zero-order valence-corrected chi connectivity index (χ0v) is 11.4. The van der Waals surface area contributed by atoms with E-state index in [9.17, 15) is 0 Å². The van der Waals surface area contributed by atoms with Gasteiger partial charge in [0.2, 0.25) is 0 Å². The molecule has 2 aromatic heterocycles. The molecule has 1 atom stereocenters. The molecule has 18 heavy (non-hydrogen) atoms. The van der Waals surface area contributed by atoms with Gasteiger partial charge in [0.25, 0.3) is 0 Å². The summed E-state index contributed by atoms with van der Waals surface area (Å²) in [5.41, 5.74) is 4.88. The van der Waals surface area contributed by atoms with Crippen LogP contribution in [0.4, 0.5) is 0 Å². The number of hydrazine groups is 1. The SMILES string of the molecule is CCCn1nncc1C(Cc1csc(C)n1)NN. The molecule has 0 amide bonds. The molecule has 0 fully saturated rings. The van der Waals surface area contributed by atoms with Gasteiger partial charge in [-0.2, -0.15) is 0 Å². The predicted molar refractivity (Wildman–Crippen MR) is 70.9 cm³/mol. The third kappa shape index (κ3) is 2.92. The first-order chi connectivity index (χ1) is 8.74. The molecule has 2 heterocycles. The zero-order chi connectivity index (χ0) is 13.0. The monoisotopic (exact) mass is 266 g/mol. The van der Waals surface area contributed by atoms with Gasteiger partial charge in [-0.1, -0.05) is 12.1 Å². The highest BCUT2D eigenvalue weighted by molar-refractivity contribution is 7.09. The molecule has 2 rings (SSSR count). The summed E-state index contributed by atoms with van der Waals surface area (Å²) < 4.78 is 1.89. The summed E-state index contributed by atoms with van der Waals surface area (Å²) in [6, 6.07) is -0.00644. The summed E-state index contributed by atoms with van der Waals surface area (Å²) in [5, 5.41) is 11.2. The second-order valence-corrected chi connectivity index (χ2v) is 5.23. The molecule has 2 aromatic rings. The minimum atomic E-state index is -0.00644. The molecule has 0 saturated carbocycles. The first kappa shape index (κ1) is 13.1. The molecule has 0 aliphatic carbocycles. The lowest BCUT2D eigenvalue weighted by atomic mass is 10.1. The standard InChI is InChI=1S/C11H18N6S/c1-3-4-17-11(6-13-16-17)10(15-12)5-9-7-18-8(2)14-9/h6-7,10,15H,3-5,12H2,1-2H3. The van der Waals surface area contributed by atoms with Gasteiger partial charge in [0.1, 0.15) is 0 Å². The van der Waals surface area contributed by atoms with Gasteiger partial charge in [-0.15, -0.1) is 16.4 Å².